The Labute approximate surface area is 191 Å². The molecule has 0 bridgehead atoms. The summed E-state index contributed by atoms with van der Waals surface area (Å²) in [6, 6.07) is 10.9. The lowest BCUT2D eigenvalue weighted by atomic mass is 10.1. The number of nitrogens with one attached hydrogen (secondary N) is 1. The van der Waals surface area contributed by atoms with Crippen LogP contribution in [0.4, 0.5) is 5.69 Å². The predicted molar refractivity (Wildman–Crippen MR) is 124 cm³/mol. The van der Waals surface area contributed by atoms with Crippen molar-refractivity contribution >= 4 is 29.3 Å². The Balaban J connectivity index is 1.44. The zero-order valence-corrected chi connectivity index (χ0v) is 19.0. The van der Waals surface area contributed by atoms with Crippen molar-refractivity contribution in [2.75, 3.05) is 18.4 Å². The van der Waals surface area contributed by atoms with Gasteiger partial charge in [0.1, 0.15) is 12.0 Å². The summed E-state index contributed by atoms with van der Waals surface area (Å²) < 4.78 is 1.87. The highest BCUT2D eigenvalue weighted by molar-refractivity contribution is 7.99. The molecule has 1 aliphatic heterocycles. The fraction of sp³-hybridized carbons (Fsp3) is 0.348. The average Bonchev–Trinajstić information content (AvgIpc) is 3.23. The van der Waals surface area contributed by atoms with E-state index >= 15 is 0 Å². The van der Waals surface area contributed by atoms with E-state index in [0.29, 0.717) is 11.3 Å². The van der Waals surface area contributed by atoms with Crippen molar-refractivity contribution in [3.8, 4) is 0 Å². The number of benzene rings is 1. The molecule has 1 aromatic carbocycles. The SMILES string of the molecule is C[C@H](Sc1nncn1C)c1cccc(NC(=O)c2cc(C(=O)N3CCCCC3)ccn2)c1. The molecule has 0 aliphatic carbocycles. The van der Waals surface area contributed by atoms with Gasteiger partial charge in [0.15, 0.2) is 5.16 Å². The number of aryl methyl sites for hydroxylation is 1. The lowest BCUT2D eigenvalue weighted by Gasteiger charge is -2.26. The Kier molecular flexibility index (Phi) is 6.84. The van der Waals surface area contributed by atoms with Crippen molar-refractivity contribution in [1.82, 2.24) is 24.6 Å². The third kappa shape index (κ3) is 5.16. The number of piperidine rings is 1. The van der Waals surface area contributed by atoms with Gasteiger partial charge in [-0.2, -0.15) is 0 Å². The molecule has 2 aromatic heterocycles. The molecule has 3 heterocycles. The standard InChI is InChI=1S/C23H26N6O2S/c1-16(32-23-27-25-15-28(23)2)17-7-6-8-19(13-17)26-21(30)20-14-18(9-10-24-20)22(31)29-11-4-3-5-12-29/h6-10,13-16H,3-5,11-12H2,1-2H3,(H,26,30)/t16-/m0/s1. The Morgan fingerprint density at radius 3 is 2.69 bits per heavy atom. The summed E-state index contributed by atoms with van der Waals surface area (Å²) in [7, 11) is 1.91. The Hall–Kier alpha value is -3.20. The summed E-state index contributed by atoms with van der Waals surface area (Å²) in [5.74, 6) is -0.387. The van der Waals surface area contributed by atoms with Crippen LogP contribution in [0, 0.1) is 0 Å². The molecule has 0 spiro atoms. The van der Waals surface area contributed by atoms with Gasteiger partial charge >= 0.3 is 0 Å². The van der Waals surface area contributed by atoms with Gasteiger partial charge in [-0.15, -0.1) is 10.2 Å². The lowest BCUT2D eigenvalue weighted by Crippen LogP contribution is -2.35. The first kappa shape index (κ1) is 22.0. The third-order valence-corrected chi connectivity index (χ3v) is 6.65. The van der Waals surface area contributed by atoms with Crippen LogP contribution in [0.25, 0.3) is 0 Å². The van der Waals surface area contributed by atoms with Crippen LogP contribution in [-0.4, -0.2) is 49.6 Å². The number of amides is 2. The summed E-state index contributed by atoms with van der Waals surface area (Å²) in [5, 5.41) is 11.9. The largest absolute Gasteiger partial charge is 0.339 e. The van der Waals surface area contributed by atoms with E-state index in [2.05, 4.69) is 27.4 Å². The minimum absolute atomic E-state index is 0.0437. The molecule has 166 valence electrons. The van der Waals surface area contributed by atoms with Crippen LogP contribution in [-0.2, 0) is 7.05 Å². The number of nitrogens with zero attached hydrogens (tertiary/aromatic N) is 5. The second kappa shape index (κ2) is 9.95. The number of carbonyl (C=O) groups is 2. The van der Waals surface area contributed by atoms with Crippen LogP contribution in [0.2, 0.25) is 0 Å². The van der Waals surface area contributed by atoms with E-state index in [1.54, 1.807) is 30.2 Å². The molecule has 8 nitrogen and oxygen atoms in total. The van der Waals surface area contributed by atoms with E-state index in [9.17, 15) is 9.59 Å². The first-order valence-electron chi connectivity index (χ1n) is 10.7. The predicted octanol–water partition coefficient (Wildman–Crippen LogP) is 3.94. The quantitative estimate of drug-likeness (QED) is 0.572. The van der Waals surface area contributed by atoms with E-state index < -0.39 is 0 Å². The first-order chi connectivity index (χ1) is 15.5. The van der Waals surface area contributed by atoms with E-state index in [4.69, 9.17) is 0 Å². The molecule has 1 saturated heterocycles. The second-order valence-electron chi connectivity index (χ2n) is 7.85. The van der Waals surface area contributed by atoms with Gasteiger partial charge in [-0.3, -0.25) is 14.6 Å². The fourth-order valence-corrected chi connectivity index (χ4v) is 4.54. The van der Waals surface area contributed by atoms with Crippen LogP contribution in [0.15, 0.2) is 54.1 Å². The summed E-state index contributed by atoms with van der Waals surface area (Å²) in [6.07, 6.45) is 6.38. The summed E-state index contributed by atoms with van der Waals surface area (Å²) in [4.78, 5) is 31.6. The molecule has 32 heavy (non-hydrogen) atoms. The summed E-state index contributed by atoms with van der Waals surface area (Å²) in [5.41, 5.74) is 2.44. The number of thioether (sulfide) groups is 1. The first-order valence-corrected chi connectivity index (χ1v) is 11.6. The van der Waals surface area contributed by atoms with Gasteiger partial charge in [-0.1, -0.05) is 23.9 Å². The van der Waals surface area contributed by atoms with Gasteiger partial charge in [0.05, 0.1) is 0 Å². The highest BCUT2D eigenvalue weighted by atomic mass is 32.2. The maximum atomic E-state index is 12.8. The van der Waals surface area contributed by atoms with Crippen molar-refractivity contribution in [2.45, 2.75) is 36.6 Å². The number of anilines is 1. The van der Waals surface area contributed by atoms with E-state index in [0.717, 1.165) is 43.1 Å². The minimum atomic E-state index is -0.343. The van der Waals surface area contributed by atoms with Crippen LogP contribution in [0.5, 0.6) is 0 Å². The maximum Gasteiger partial charge on any atom is 0.274 e. The highest BCUT2D eigenvalue weighted by Gasteiger charge is 2.20. The number of hydrogen-bond donors (Lipinski definition) is 1. The van der Waals surface area contributed by atoms with Crippen molar-refractivity contribution in [3.63, 3.8) is 0 Å². The van der Waals surface area contributed by atoms with Gasteiger partial charge in [-0.05, 0) is 56.0 Å². The molecule has 0 unspecified atom stereocenters. The summed E-state index contributed by atoms with van der Waals surface area (Å²) in [6.45, 7) is 3.61. The Morgan fingerprint density at radius 1 is 1.12 bits per heavy atom. The van der Waals surface area contributed by atoms with Crippen LogP contribution >= 0.6 is 11.8 Å². The van der Waals surface area contributed by atoms with Crippen LogP contribution in [0.3, 0.4) is 0 Å². The molecular weight excluding hydrogens is 424 g/mol. The molecular formula is C23H26N6O2S. The molecule has 1 N–H and O–H groups in total. The van der Waals surface area contributed by atoms with Gasteiger partial charge in [0.25, 0.3) is 11.8 Å². The normalized spacial score (nSPS) is 14.8. The van der Waals surface area contributed by atoms with Gasteiger partial charge in [0, 0.05) is 42.8 Å². The van der Waals surface area contributed by atoms with E-state index in [-0.39, 0.29) is 22.8 Å². The lowest BCUT2D eigenvalue weighted by molar-refractivity contribution is 0.0724. The fourth-order valence-electron chi connectivity index (χ4n) is 3.64. The Morgan fingerprint density at radius 2 is 1.94 bits per heavy atom. The molecule has 1 atom stereocenters. The zero-order chi connectivity index (χ0) is 22.5. The maximum absolute atomic E-state index is 12.8. The number of aromatic nitrogens is 4. The minimum Gasteiger partial charge on any atom is -0.339 e. The highest BCUT2D eigenvalue weighted by Crippen LogP contribution is 2.34. The molecule has 1 fully saturated rings. The zero-order valence-electron chi connectivity index (χ0n) is 18.2. The molecule has 1 aliphatic rings. The van der Waals surface area contributed by atoms with Crippen molar-refractivity contribution in [3.05, 3.63) is 65.7 Å². The van der Waals surface area contributed by atoms with Crippen molar-refractivity contribution in [2.24, 2.45) is 7.05 Å². The number of pyridine rings is 1. The molecule has 3 aromatic rings. The smallest absolute Gasteiger partial charge is 0.274 e. The second-order valence-corrected chi connectivity index (χ2v) is 9.15. The molecule has 0 radical (unpaired) electrons. The number of likely N-dealkylation sites (tertiary alicyclic amines) is 1. The van der Waals surface area contributed by atoms with E-state index in [1.165, 1.54) is 6.20 Å². The summed E-state index contributed by atoms with van der Waals surface area (Å²) >= 11 is 1.59. The molecule has 9 heteroatoms. The van der Waals surface area contributed by atoms with Crippen molar-refractivity contribution in [1.29, 1.82) is 0 Å². The number of rotatable bonds is 6. The molecule has 2 amide bonds. The molecule has 0 saturated carbocycles. The Bertz CT molecular complexity index is 1110. The van der Waals surface area contributed by atoms with Crippen LogP contribution in [0.1, 0.15) is 57.8 Å². The number of carbonyl (C=O) groups excluding carboxylic acids is 2. The van der Waals surface area contributed by atoms with E-state index in [1.807, 2.05) is 40.8 Å². The van der Waals surface area contributed by atoms with Gasteiger partial charge in [0.2, 0.25) is 0 Å². The number of hydrogen-bond acceptors (Lipinski definition) is 6. The van der Waals surface area contributed by atoms with Gasteiger partial charge < -0.3 is 14.8 Å². The monoisotopic (exact) mass is 450 g/mol. The van der Waals surface area contributed by atoms with Crippen LogP contribution < -0.4 is 5.32 Å². The average molecular weight is 451 g/mol. The third-order valence-electron chi connectivity index (χ3n) is 5.45. The van der Waals surface area contributed by atoms with Crippen molar-refractivity contribution < 1.29 is 9.59 Å². The topological polar surface area (TPSA) is 93.0 Å². The molecule has 4 rings (SSSR count). The van der Waals surface area contributed by atoms with Gasteiger partial charge in [-0.25, -0.2) is 0 Å².